The molecule has 0 heterocycles. The number of hydrogen-bond donors (Lipinski definition) is 1. The van der Waals surface area contributed by atoms with E-state index in [-0.39, 0.29) is 5.41 Å². The van der Waals surface area contributed by atoms with Crippen LogP contribution in [0.1, 0.15) is 37.7 Å². The number of benzene rings is 1. The molecule has 0 bridgehead atoms. The van der Waals surface area contributed by atoms with Gasteiger partial charge < -0.3 is 10.1 Å². The highest BCUT2D eigenvalue weighted by atomic mass is 16.5. The summed E-state index contributed by atoms with van der Waals surface area (Å²) in [5, 5.41) is 13.3. The molecule has 3 heteroatoms. The first-order valence-electron chi connectivity index (χ1n) is 7.53. The second kappa shape index (κ2) is 5.55. The van der Waals surface area contributed by atoms with E-state index in [2.05, 4.69) is 23.5 Å². The van der Waals surface area contributed by atoms with Crippen molar-refractivity contribution in [2.24, 2.45) is 0 Å². The average molecular weight is 270 g/mol. The van der Waals surface area contributed by atoms with Gasteiger partial charge in [0.15, 0.2) is 0 Å². The standard InChI is InChI=1S/C17H22N2O/c1-20-16-9-5-8-15(16)19-14-10-17(11-14,12-18)13-6-3-2-4-7-13/h2-4,6-7,14-16,19H,5,8-11H2,1H3. The summed E-state index contributed by atoms with van der Waals surface area (Å²) in [4.78, 5) is 0. The lowest BCUT2D eigenvalue weighted by molar-refractivity contribution is 0.0708. The smallest absolute Gasteiger partial charge is 0.0852 e. The molecular formula is C17H22N2O. The number of nitriles is 1. The highest BCUT2D eigenvalue weighted by Crippen LogP contribution is 2.44. The number of nitrogens with zero attached hydrogens (tertiary/aromatic N) is 1. The van der Waals surface area contributed by atoms with E-state index < -0.39 is 0 Å². The van der Waals surface area contributed by atoms with Crippen molar-refractivity contribution >= 4 is 0 Å². The molecule has 1 aromatic rings. The molecule has 0 aliphatic heterocycles. The summed E-state index contributed by atoms with van der Waals surface area (Å²) in [6.07, 6.45) is 5.78. The van der Waals surface area contributed by atoms with Crippen LogP contribution in [0.3, 0.4) is 0 Å². The first-order chi connectivity index (χ1) is 9.77. The molecule has 3 rings (SSSR count). The Hall–Kier alpha value is -1.37. The first kappa shape index (κ1) is 13.6. The van der Waals surface area contributed by atoms with Gasteiger partial charge in [0, 0.05) is 19.2 Å². The molecule has 20 heavy (non-hydrogen) atoms. The van der Waals surface area contributed by atoms with E-state index in [0.717, 1.165) is 24.8 Å². The predicted molar refractivity (Wildman–Crippen MR) is 78.3 cm³/mol. The molecule has 0 radical (unpaired) electrons. The summed E-state index contributed by atoms with van der Waals surface area (Å²) >= 11 is 0. The van der Waals surface area contributed by atoms with Crippen LogP contribution in [0, 0.1) is 11.3 Å². The fourth-order valence-corrected chi connectivity index (χ4v) is 3.75. The zero-order chi connectivity index (χ0) is 14.0. The Morgan fingerprint density at radius 1 is 1.25 bits per heavy atom. The van der Waals surface area contributed by atoms with Crippen molar-refractivity contribution in [1.82, 2.24) is 5.32 Å². The van der Waals surface area contributed by atoms with Crippen LogP contribution in [0.5, 0.6) is 0 Å². The van der Waals surface area contributed by atoms with Crippen LogP contribution in [0.4, 0.5) is 0 Å². The number of rotatable bonds is 4. The van der Waals surface area contributed by atoms with Gasteiger partial charge in [-0.05, 0) is 37.7 Å². The molecule has 2 aliphatic carbocycles. The maximum atomic E-state index is 9.56. The van der Waals surface area contributed by atoms with E-state index in [1.165, 1.54) is 12.8 Å². The Morgan fingerprint density at radius 3 is 2.65 bits per heavy atom. The topological polar surface area (TPSA) is 45.0 Å². The van der Waals surface area contributed by atoms with Crippen LogP contribution in [-0.4, -0.2) is 25.3 Å². The van der Waals surface area contributed by atoms with Crippen molar-refractivity contribution < 1.29 is 4.74 Å². The summed E-state index contributed by atoms with van der Waals surface area (Å²) in [5.41, 5.74) is 0.885. The summed E-state index contributed by atoms with van der Waals surface area (Å²) < 4.78 is 5.53. The van der Waals surface area contributed by atoms with Gasteiger partial charge in [-0.2, -0.15) is 5.26 Å². The Morgan fingerprint density at radius 2 is 2.00 bits per heavy atom. The van der Waals surface area contributed by atoms with Crippen molar-refractivity contribution in [3.05, 3.63) is 35.9 Å². The third kappa shape index (κ3) is 2.34. The van der Waals surface area contributed by atoms with E-state index in [1.807, 2.05) is 18.2 Å². The van der Waals surface area contributed by atoms with Crippen molar-refractivity contribution in [1.29, 1.82) is 5.26 Å². The highest BCUT2D eigenvalue weighted by molar-refractivity contribution is 5.37. The second-order valence-electron chi connectivity index (χ2n) is 6.14. The van der Waals surface area contributed by atoms with Gasteiger partial charge >= 0.3 is 0 Å². The lowest BCUT2D eigenvalue weighted by Gasteiger charge is -2.45. The minimum Gasteiger partial charge on any atom is -0.380 e. The molecule has 0 spiro atoms. The minimum atomic E-state index is -0.278. The normalized spacial score (nSPS) is 36.3. The lowest BCUT2D eigenvalue weighted by atomic mass is 9.62. The Balaban J connectivity index is 1.61. The molecule has 2 fully saturated rings. The van der Waals surface area contributed by atoms with E-state index >= 15 is 0 Å². The molecule has 106 valence electrons. The van der Waals surface area contributed by atoms with E-state index in [0.29, 0.717) is 18.2 Å². The molecule has 0 amide bonds. The van der Waals surface area contributed by atoms with Crippen molar-refractivity contribution in [2.45, 2.75) is 55.7 Å². The monoisotopic (exact) mass is 270 g/mol. The largest absolute Gasteiger partial charge is 0.380 e. The van der Waals surface area contributed by atoms with Crippen molar-refractivity contribution in [2.75, 3.05) is 7.11 Å². The minimum absolute atomic E-state index is 0.278. The second-order valence-corrected chi connectivity index (χ2v) is 6.14. The Bertz CT molecular complexity index is 487. The van der Waals surface area contributed by atoms with E-state index in [9.17, 15) is 5.26 Å². The molecule has 3 nitrogen and oxygen atoms in total. The summed E-state index contributed by atoms with van der Waals surface area (Å²) in [6, 6.07) is 13.7. The summed E-state index contributed by atoms with van der Waals surface area (Å²) in [6.45, 7) is 0. The highest BCUT2D eigenvalue weighted by Gasteiger charge is 2.47. The van der Waals surface area contributed by atoms with E-state index in [4.69, 9.17) is 4.74 Å². The van der Waals surface area contributed by atoms with Gasteiger partial charge in [-0.25, -0.2) is 0 Å². The molecule has 2 unspecified atom stereocenters. The van der Waals surface area contributed by atoms with E-state index in [1.54, 1.807) is 7.11 Å². The molecular weight excluding hydrogens is 248 g/mol. The molecule has 1 N–H and O–H groups in total. The zero-order valence-electron chi connectivity index (χ0n) is 12.0. The van der Waals surface area contributed by atoms with Crippen molar-refractivity contribution in [3.8, 4) is 6.07 Å². The van der Waals surface area contributed by atoms with Gasteiger partial charge in [0.25, 0.3) is 0 Å². The van der Waals surface area contributed by atoms with Crippen molar-refractivity contribution in [3.63, 3.8) is 0 Å². The van der Waals surface area contributed by atoms with Gasteiger partial charge in [0.2, 0.25) is 0 Å². The van der Waals surface area contributed by atoms with Crippen LogP contribution >= 0.6 is 0 Å². The molecule has 0 aromatic heterocycles. The SMILES string of the molecule is COC1CCCC1NC1CC(C#N)(c2ccccc2)C1. The number of ether oxygens (including phenoxy) is 1. The van der Waals surface area contributed by atoms with Crippen LogP contribution in [0.25, 0.3) is 0 Å². The molecule has 2 saturated carbocycles. The average Bonchev–Trinajstić information content (AvgIpc) is 2.90. The molecule has 2 atom stereocenters. The van der Waals surface area contributed by atoms with Crippen LogP contribution < -0.4 is 5.32 Å². The maximum Gasteiger partial charge on any atom is 0.0852 e. The summed E-state index contributed by atoms with van der Waals surface area (Å²) in [5.74, 6) is 0. The number of methoxy groups -OCH3 is 1. The molecule has 1 aromatic carbocycles. The van der Waals surface area contributed by atoms with Crippen LogP contribution in [-0.2, 0) is 10.2 Å². The van der Waals surface area contributed by atoms with Gasteiger partial charge in [-0.1, -0.05) is 30.3 Å². The zero-order valence-corrected chi connectivity index (χ0v) is 12.0. The van der Waals surface area contributed by atoms with Gasteiger partial charge in [0.05, 0.1) is 17.6 Å². The third-order valence-electron chi connectivity index (χ3n) is 4.94. The van der Waals surface area contributed by atoms with Gasteiger partial charge in [-0.3, -0.25) is 0 Å². The Kier molecular flexibility index (Phi) is 3.78. The predicted octanol–water partition coefficient (Wildman–Crippen LogP) is 2.77. The van der Waals surface area contributed by atoms with Crippen LogP contribution in [0.2, 0.25) is 0 Å². The number of nitrogens with one attached hydrogen (secondary N) is 1. The maximum absolute atomic E-state index is 9.56. The fraction of sp³-hybridized carbons (Fsp3) is 0.588. The van der Waals surface area contributed by atoms with Gasteiger partial charge in [-0.15, -0.1) is 0 Å². The Labute approximate surface area is 120 Å². The van der Waals surface area contributed by atoms with Gasteiger partial charge in [0.1, 0.15) is 0 Å². The van der Waals surface area contributed by atoms with Crippen LogP contribution in [0.15, 0.2) is 30.3 Å². The molecule has 0 saturated heterocycles. The first-order valence-corrected chi connectivity index (χ1v) is 7.53. The number of hydrogen-bond acceptors (Lipinski definition) is 3. The molecule has 2 aliphatic rings. The lowest BCUT2D eigenvalue weighted by Crippen LogP contribution is -2.55. The quantitative estimate of drug-likeness (QED) is 0.915. The fourth-order valence-electron chi connectivity index (χ4n) is 3.75. The summed E-state index contributed by atoms with van der Waals surface area (Å²) in [7, 11) is 1.80. The third-order valence-corrected chi connectivity index (χ3v) is 4.94.